The summed E-state index contributed by atoms with van der Waals surface area (Å²) in [6, 6.07) is 14.8. The Morgan fingerprint density at radius 1 is 1.03 bits per heavy atom. The van der Waals surface area contributed by atoms with Crippen LogP contribution in [-0.4, -0.2) is 42.3 Å². The van der Waals surface area contributed by atoms with Crippen LogP contribution in [0.15, 0.2) is 48.5 Å². The van der Waals surface area contributed by atoms with Gasteiger partial charge in [0.05, 0.1) is 23.1 Å². The van der Waals surface area contributed by atoms with Crippen LogP contribution in [0.4, 0.5) is 17.3 Å². The van der Waals surface area contributed by atoms with Gasteiger partial charge in [-0.2, -0.15) is 8.42 Å². The van der Waals surface area contributed by atoms with Crippen molar-refractivity contribution < 1.29 is 8.42 Å². The zero-order chi connectivity index (χ0) is 20.9. The molecule has 0 unspecified atom stereocenters. The summed E-state index contributed by atoms with van der Waals surface area (Å²) in [5, 5.41) is 9.32. The van der Waals surface area contributed by atoms with E-state index in [4.69, 9.17) is 11.6 Å². The summed E-state index contributed by atoms with van der Waals surface area (Å²) in [6.45, 7) is 3.28. The van der Waals surface area contributed by atoms with Crippen LogP contribution >= 0.6 is 11.6 Å². The predicted octanol–water partition coefficient (Wildman–Crippen LogP) is 3.37. The summed E-state index contributed by atoms with van der Waals surface area (Å²) in [5.41, 5.74) is 2.30. The number of aromatic nitrogens is 3. The normalized spacial score (nSPS) is 18.3. The Kier molecular flexibility index (Phi) is 4.59. The second-order valence-corrected chi connectivity index (χ2v) is 9.48. The number of benzene rings is 2. The quantitative estimate of drug-likeness (QED) is 0.669. The first-order valence-electron chi connectivity index (χ1n) is 9.78. The first-order chi connectivity index (χ1) is 14.4. The highest BCUT2D eigenvalue weighted by atomic mass is 35.5. The van der Waals surface area contributed by atoms with Gasteiger partial charge in [0.1, 0.15) is 5.82 Å². The van der Waals surface area contributed by atoms with E-state index < -0.39 is 10.2 Å². The predicted molar refractivity (Wildman–Crippen MR) is 118 cm³/mol. The number of halogens is 1. The van der Waals surface area contributed by atoms with Crippen molar-refractivity contribution in [1.82, 2.24) is 14.8 Å². The number of anilines is 3. The van der Waals surface area contributed by atoms with E-state index in [9.17, 15) is 8.42 Å². The van der Waals surface area contributed by atoms with Crippen molar-refractivity contribution in [1.29, 1.82) is 0 Å². The molecular weight excluding hydrogens is 424 g/mol. The van der Waals surface area contributed by atoms with Crippen molar-refractivity contribution in [2.45, 2.75) is 25.8 Å². The van der Waals surface area contributed by atoms with E-state index in [1.165, 1.54) is 4.31 Å². The zero-order valence-electron chi connectivity index (χ0n) is 16.4. The lowest BCUT2D eigenvalue weighted by atomic mass is 10.0. The van der Waals surface area contributed by atoms with Crippen molar-refractivity contribution in [3.63, 3.8) is 0 Å². The smallest absolute Gasteiger partial charge is 0.324 e. The van der Waals surface area contributed by atoms with Gasteiger partial charge in [0.15, 0.2) is 0 Å². The molecule has 0 amide bonds. The lowest BCUT2D eigenvalue weighted by Crippen LogP contribution is -2.47. The summed E-state index contributed by atoms with van der Waals surface area (Å²) in [4.78, 5) is 2.16. The zero-order valence-corrected chi connectivity index (χ0v) is 17.9. The SMILES string of the molecule is Cc1nnc(N2CCC(N3c4ccccc4NS3(=O)=O)CC2)n1-c1ccc(Cl)cc1. The fourth-order valence-corrected chi connectivity index (χ4v) is 5.91. The van der Waals surface area contributed by atoms with Crippen LogP contribution in [0.1, 0.15) is 18.7 Å². The molecule has 1 saturated heterocycles. The molecule has 8 nitrogen and oxygen atoms in total. The Labute approximate surface area is 180 Å². The maximum Gasteiger partial charge on any atom is 0.324 e. The Bertz CT molecular complexity index is 1190. The van der Waals surface area contributed by atoms with Gasteiger partial charge in [-0.3, -0.25) is 9.29 Å². The average molecular weight is 445 g/mol. The summed E-state index contributed by atoms with van der Waals surface area (Å²) in [7, 11) is -3.56. The largest absolute Gasteiger partial charge is 0.340 e. The third-order valence-electron chi connectivity index (χ3n) is 5.61. The summed E-state index contributed by atoms with van der Waals surface area (Å²) < 4.78 is 31.6. The van der Waals surface area contributed by atoms with E-state index >= 15 is 0 Å². The van der Waals surface area contributed by atoms with Gasteiger partial charge in [0.25, 0.3) is 0 Å². The molecule has 1 aromatic heterocycles. The fraction of sp³-hybridized carbons (Fsp3) is 0.300. The maximum absolute atomic E-state index is 12.7. The van der Waals surface area contributed by atoms with Gasteiger partial charge in [0, 0.05) is 18.1 Å². The van der Waals surface area contributed by atoms with Crippen LogP contribution in [0.3, 0.4) is 0 Å². The van der Waals surface area contributed by atoms with Crippen LogP contribution in [-0.2, 0) is 10.2 Å². The molecule has 2 aliphatic heterocycles. The minimum atomic E-state index is -3.56. The van der Waals surface area contributed by atoms with Crippen LogP contribution in [0.5, 0.6) is 0 Å². The highest BCUT2D eigenvalue weighted by Gasteiger charge is 2.39. The number of nitrogens with zero attached hydrogens (tertiary/aromatic N) is 5. The molecule has 0 aliphatic carbocycles. The topological polar surface area (TPSA) is 83.4 Å². The summed E-state index contributed by atoms with van der Waals surface area (Å²) in [5.74, 6) is 1.55. The van der Waals surface area contributed by atoms with Crippen LogP contribution in [0.2, 0.25) is 5.02 Å². The van der Waals surface area contributed by atoms with Crippen molar-refractivity contribution in [2.24, 2.45) is 0 Å². The number of hydrogen-bond donors (Lipinski definition) is 1. The van der Waals surface area contributed by atoms with Gasteiger partial charge in [-0.15, -0.1) is 10.2 Å². The molecule has 0 bridgehead atoms. The van der Waals surface area contributed by atoms with Crippen LogP contribution in [0, 0.1) is 6.92 Å². The second-order valence-electron chi connectivity index (χ2n) is 7.50. The number of rotatable bonds is 3. The Morgan fingerprint density at radius 3 is 2.47 bits per heavy atom. The van der Waals surface area contributed by atoms with Crippen molar-refractivity contribution >= 4 is 39.1 Å². The van der Waals surface area contributed by atoms with E-state index in [2.05, 4.69) is 19.8 Å². The van der Waals surface area contributed by atoms with Crippen LogP contribution < -0.4 is 13.9 Å². The third-order valence-corrected chi connectivity index (χ3v) is 7.35. The van der Waals surface area contributed by atoms with Gasteiger partial charge in [0.2, 0.25) is 5.95 Å². The maximum atomic E-state index is 12.7. The molecule has 3 heterocycles. The highest BCUT2D eigenvalue weighted by Crippen LogP contribution is 2.39. The number of para-hydroxylation sites is 2. The molecule has 0 saturated carbocycles. The molecule has 2 aromatic carbocycles. The first kappa shape index (κ1) is 19.2. The molecule has 5 rings (SSSR count). The molecular formula is C20H21ClN6O2S. The second kappa shape index (κ2) is 7.17. The van der Waals surface area contributed by atoms with Crippen molar-refractivity contribution in [3.05, 3.63) is 59.4 Å². The Hall–Kier alpha value is -2.78. The molecule has 0 atom stereocenters. The van der Waals surface area contributed by atoms with Crippen molar-refractivity contribution in [2.75, 3.05) is 27.0 Å². The van der Waals surface area contributed by atoms with Crippen LogP contribution in [0.25, 0.3) is 5.69 Å². The number of piperidine rings is 1. The molecule has 2 aliphatic rings. The standard InChI is InChI=1S/C20H21ClN6O2S/c1-14-22-23-20(26(14)16-8-6-15(21)7-9-16)25-12-10-17(11-13-25)27-19-5-3-2-4-18(19)24-30(27,28)29/h2-9,17,24H,10-13H2,1H3. The molecule has 0 radical (unpaired) electrons. The Balaban J connectivity index is 1.38. The molecule has 1 fully saturated rings. The molecule has 1 N–H and O–H groups in total. The molecule has 156 valence electrons. The third kappa shape index (κ3) is 3.18. The number of fused-ring (bicyclic) bond motifs is 1. The van der Waals surface area contributed by atoms with E-state index in [1.807, 2.05) is 54.0 Å². The average Bonchev–Trinajstić information content (AvgIpc) is 3.24. The van der Waals surface area contributed by atoms with E-state index in [-0.39, 0.29) is 6.04 Å². The number of aryl methyl sites for hydroxylation is 1. The molecule has 30 heavy (non-hydrogen) atoms. The lowest BCUT2D eigenvalue weighted by molar-refractivity contribution is 0.488. The Morgan fingerprint density at radius 2 is 1.73 bits per heavy atom. The van der Waals surface area contributed by atoms with Crippen molar-refractivity contribution in [3.8, 4) is 5.69 Å². The summed E-state index contributed by atoms with van der Waals surface area (Å²) >= 11 is 6.03. The minimum Gasteiger partial charge on any atom is -0.340 e. The molecule has 3 aromatic rings. The van der Waals surface area contributed by atoms with E-state index in [0.717, 1.165) is 23.1 Å². The fourth-order valence-electron chi connectivity index (χ4n) is 4.21. The van der Waals surface area contributed by atoms with Gasteiger partial charge < -0.3 is 4.90 Å². The first-order valence-corrected chi connectivity index (χ1v) is 11.6. The van der Waals surface area contributed by atoms with E-state index in [0.29, 0.717) is 36.6 Å². The lowest BCUT2D eigenvalue weighted by Gasteiger charge is -2.36. The minimum absolute atomic E-state index is 0.101. The van der Waals surface area contributed by atoms with E-state index in [1.54, 1.807) is 6.07 Å². The molecule has 10 heteroatoms. The summed E-state index contributed by atoms with van der Waals surface area (Å²) in [6.07, 6.45) is 1.39. The van der Waals surface area contributed by atoms with Gasteiger partial charge in [-0.25, -0.2) is 4.31 Å². The van der Waals surface area contributed by atoms with Gasteiger partial charge >= 0.3 is 10.2 Å². The molecule has 0 spiro atoms. The highest BCUT2D eigenvalue weighted by molar-refractivity contribution is 7.94. The number of nitrogens with one attached hydrogen (secondary N) is 1. The monoisotopic (exact) mass is 444 g/mol. The van der Waals surface area contributed by atoms with Gasteiger partial charge in [-0.1, -0.05) is 23.7 Å². The van der Waals surface area contributed by atoms with Gasteiger partial charge in [-0.05, 0) is 56.2 Å². The number of hydrogen-bond acceptors (Lipinski definition) is 5.